The van der Waals surface area contributed by atoms with Crippen LogP contribution in [0.3, 0.4) is 0 Å². The van der Waals surface area contributed by atoms with Crippen LogP contribution in [0.15, 0.2) is 59.8 Å². The zero-order valence-corrected chi connectivity index (χ0v) is 19.8. The van der Waals surface area contributed by atoms with Gasteiger partial charge in [-0.3, -0.25) is 9.69 Å². The van der Waals surface area contributed by atoms with E-state index in [0.29, 0.717) is 27.7 Å². The number of carbonyl (C=O) groups is 3. The zero-order valence-electron chi connectivity index (χ0n) is 18.3. The van der Waals surface area contributed by atoms with Crippen LogP contribution in [0.5, 0.6) is 0 Å². The smallest absolute Gasteiger partial charge is 0.338 e. The van der Waals surface area contributed by atoms with Gasteiger partial charge in [-0.15, -0.1) is 0 Å². The summed E-state index contributed by atoms with van der Waals surface area (Å²) in [6.45, 7) is 1.98. The number of nitrogens with zero attached hydrogens (tertiary/aromatic N) is 1. The number of rotatable bonds is 8. The number of benzene rings is 2. The lowest BCUT2D eigenvalue weighted by Crippen LogP contribution is -2.48. The number of methoxy groups -OCH3 is 1. The van der Waals surface area contributed by atoms with E-state index in [4.69, 9.17) is 27.9 Å². The van der Waals surface area contributed by atoms with Crippen LogP contribution in [0.4, 0.5) is 4.79 Å². The van der Waals surface area contributed by atoms with E-state index in [0.717, 1.165) is 5.56 Å². The molecule has 1 atom stereocenters. The van der Waals surface area contributed by atoms with Gasteiger partial charge in [0.2, 0.25) is 0 Å². The first-order chi connectivity index (χ1) is 15.8. The third kappa shape index (κ3) is 6.06. The van der Waals surface area contributed by atoms with Crippen molar-refractivity contribution in [1.82, 2.24) is 10.2 Å². The molecular weight excluding hydrogens is 467 g/mol. The Morgan fingerprint density at radius 2 is 1.85 bits per heavy atom. The first-order valence-electron chi connectivity index (χ1n) is 10.3. The van der Waals surface area contributed by atoms with Crippen molar-refractivity contribution in [1.29, 1.82) is 0 Å². The summed E-state index contributed by atoms with van der Waals surface area (Å²) in [4.78, 5) is 39.0. The third-order valence-electron chi connectivity index (χ3n) is 5.29. The number of allylic oxidation sites excluding steroid dienone is 1. The van der Waals surface area contributed by atoms with Crippen molar-refractivity contribution in [3.8, 4) is 0 Å². The highest BCUT2D eigenvalue weighted by atomic mass is 35.5. The van der Waals surface area contributed by atoms with Crippen molar-refractivity contribution in [2.75, 3.05) is 13.7 Å². The molecule has 7 nitrogen and oxygen atoms in total. The van der Waals surface area contributed by atoms with E-state index in [2.05, 4.69) is 10.1 Å². The highest BCUT2D eigenvalue weighted by molar-refractivity contribution is 6.35. The lowest BCUT2D eigenvalue weighted by atomic mass is 9.94. The minimum atomic E-state index is -0.817. The van der Waals surface area contributed by atoms with Crippen molar-refractivity contribution >= 4 is 41.2 Å². The molecule has 9 heteroatoms. The molecule has 0 saturated heterocycles. The van der Waals surface area contributed by atoms with Crippen LogP contribution in [-0.4, -0.2) is 36.5 Å². The fourth-order valence-corrected chi connectivity index (χ4v) is 4.09. The molecule has 1 aliphatic heterocycles. The molecule has 0 aromatic heterocycles. The Morgan fingerprint density at radius 1 is 1.12 bits per heavy atom. The second-order valence-corrected chi connectivity index (χ2v) is 8.28. The Labute approximate surface area is 202 Å². The fourth-order valence-electron chi connectivity index (χ4n) is 3.57. The normalized spacial score (nSPS) is 15.8. The first kappa shape index (κ1) is 24.6. The van der Waals surface area contributed by atoms with Gasteiger partial charge in [0, 0.05) is 28.7 Å². The van der Waals surface area contributed by atoms with Gasteiger partial charge in [0.15, 0.2) is 0 Å². The Hall–Kier alpha value is -3.03. The summed E-state index contributed by atoms with van der Waals surface area (Å²) < 4.78 is 10.2. The maximum absolute atomic E-state index is 13.2. The maximum atomic E-state index is 13.2. The minimum Gasteiger partial charge on any atom is -0.469 e. The Morgan fingerprint density at radius 3 is 2.52 bits per heavy atom. The number of nitrogens with one attached hydrogen (secondary N) is 1. The van der Waals surface area contributed by atoms with Gasteiger partial charge < -0.3 is 14.8 Å². The van der Waals surface area contributed by atoms with E-state index in [1.54, 1.807) is 25.1 Å². The molecule has 0 bridgehead atoms. The van der Waals surface area contributed by atoms with E-state index < -0.39 is 18.0 Å². The van der Waals surface area contributed by atoms with Gasteiger partial charge in [-0.05, 0) is 36.6 Å². The molecule has 0 radical (unpaired) electrons. The molecule has 1 heterocycles. The number of carbonyl (C=O) groups excluding carboxylic acids is 3. The molecule has 2 aromatic rings. The molecule has 1 N–H and O–H groups in total. The molecule has 0 aliphatic carbocycles. The average molecular weight is 491 g/mol. The molecule has 1 unspecified atom stereocenters. The predicted octanol–water partition coefficient (Wildman–Crippen LogP) is 5.03. The number of hydrogen-bond acceptors (Lipinski definition) is 5. The Bertz CT molecular complexity index is 1070. The Kier molecular flexibility index (Phi) is 8.36. The van der Waals surface area contributed by atoms with Crippen molar-refractivity contribution in [3.05, 3.63) is 81.0 Å². The van der Waals surface area contributed by atoms with Crippen LogP contribution in [0.25, 0.3) is 0 Å². The number of esters is 2. The summed E-state index contributed by atoms with van der Waals surface area (Å²) in [6, 6.07) is 12.9. The fraction of sp³-hybridized carbons (Fsp3) is 0.292. The van der Waals surface area contributed by atoms with E-state index in [-0.39, 0.29) is 31.1 Å². The minimum absolute atomic E-state index is 0.0772. The van der Waals surface area contributed by atoms with Crippen LogP contribution in [0.1, 0.15) is 36.9 Å². The summed E-state index contributed by atoms with van der Waals surface area (Å²) in [5, 5.41) is 3.59. The van der Waals surface area contributed by atoms with E-state index in [1.165, 1.54) is 12.0 Å². The third-order valence-corrected chi connectivity index (χ3v) is 5.86. The quantitative estimate of drug-likeness (QED) is 0.524. The molecule has 3 rings (SSSR count). The number of amides is 2. The molecule has 2 amide bonds. The molecule has 0 spiro atoms. The average Bonchev–Trinajstić information content (AvgIpc) is 2.79. The van der Waals surface area contributed by atoms with Crippen LogP contribution >= 0.6 is 23.2 Å². The van der Waals surface area contributed by atoms with Crippen LogP contribution in [0.2, 0.25) is 10.0 Å². The summed E-state index contributed by atoms with van der Waals surface area (Å²) in [7, 11) is 1.31. The van der Waals surface area contributed by atoms with Crippen molar-refractivity contribution in [3.63, 3.8) is 0 Å². The number of halogens is 2. The van der Waals surface area contributed by atoms with Gasteiger partial charge in [-0.25, -0.2) is 9.59 Å². The topological polar surface area (TPSA) is 84.9 Å². The highest BCUT2D eigenvalue weighted by Crippen LogP contribution is 2.36. The molecule has 33 heavy (non-hydrogen) atoms. The van der Waals surface area contributed by atoms with Crippen LogP contribution in [0, 0.1) is 0 Å². The molecule has 0 fully saturated rings. The van der Waals surface area contributed by atoms with Gasteiger partial charge in [-0.1, -0.05) is 59.6 Å². The number of hydrogen-bond donors (Lipinski definition) is 1. The van der Waals surface area contributed by atoms with E-state index in [1.807, 2.05) is 30.3 Å². The van der Waals surface area contributed by atoms with Crippen molar-refractivity contribution in [2.24, 2.45) is 0 Å². The van der Waals surface area contributed by atoms with E-state index in [9.17, 15) is 14.4 Å². The molecule has 2 aromatic carbocycles. The van der Waals surface area contributed by atoms with Gasteiger partial charge in [-0.2, -0.15) is 0 Å². The Balaban J connectivity index is 1.92. The number of ether oxygens (including phenoxy) is 2. The van der Waals surface area contributed by atoms with Gasteiger partial charge in [0.05, 0.1) is 18.7 Å². The van der Waals surface area contributed by atoms with Crippen molar-refractivity contribution in [2.45, 2.75) is 32.4 Å². The monoisotopic (exact) mass is 490 g/mol. The SMILES string of the molecule is COC(=O)CCCN1C(=O)NC(c2ccc(Cl)cc2Cl)C(C(=O)OCc2ccccc2)=C1C. The summed E-state index contributed by atoms with van der Waals surface area (Å²) in [6.07, 6.45) is 0.518. The molecule has 174 valence electrons. The summed E-state index contributed by atoms with van der Waals surface area (Å²) >= 11 is 12.4. The molecule has 0 saturated carbocycles. The summed E-state index contributed by atoms with van der Waals surface area (Å²) in [5.41, 5.74) is 2.04. The lowest BCUT2D eigenvalue weighted by Gasteiger charge is -2.35. The standard InChI is InChI=1S/C24H24Cl2N2O5/c1-15-21(23(30)33-14-16-7-4-3-5-8-16)22(18-11-10-17(25)13-19(18)26)27-24(31)28(15)12-6-9-20(29)32-2/h3-5,7-8,10-11,13,22H,6,9,12,14H2,1-2H3,(H,27,31). The van der Waals surface area contributed by atoms with Gasteiger partial charge >= 0.3 is 18.0 Å². The van der Waals surface area contributed by atoms with Crippen LogP contribution in [-0.2, 0) is 25.7 Å². The van der Waals surface area contributed by atoms with Crippen molar-refractivity contribution < 1.29 is 23.9 Å². The second kappa shape index (κ2) is 11.2. The zero-order chi connectivity index (χ0) is 24.0. The predicted molar refractivity (Wildman–Crippen MR) is 125 cm³/mol. The largest absolute Gasteiger partial charge is 0.469 e. The highest BCUT2D eigenvalue weighted by Gasteiger charge is 2.37. The van der Waals surface area contributed by atoms with E-state index >= 15 is 0 Å². The maximum Gasteiger partial charge on any atom is 0.338 e. The lowest BCUT2D eigenvalue weighted by molar-refractivity contribution is -0.142. The summed E-state index contributed by atoms with van der Waals surface area (Å²) in [5.74, 6) is -0.951. The van der Waals surface area contributed by atoms with Gasteiger partial charge in [0.1, 0.15) is 6.61 Å². The van der Waals surface area contributed by atoms with Gasteiger partial charge in [0.25, 0.3) is 0 Å². The molecule has 1 aliphatic rings. The second-order valence-electron chi connectivity index (χ2n) is 7.44. The van der Waals surface area contributed by atoms with Crippen LogP contribution < -0.4 is 5.32 Å². The molecular formula is C24H24Cl2N2O5. The first-order valence-corrected chi connectivity index (χ1v) is 11.1. The number of urea groups is 1.